The topological polar surface area (TPSA) is 64.3 Å². The molecule has 3 rings (SSSR count). The fraction of sp³-hybridized carbons (Fsp3) is 0.235. The average molecular weight is 282 g/mol. The van der Waals surface area contributed by atoms with Gasteiger partial charge in [-0.05, 0) is 37.1 Å². The van der Waals surface area contributed by atoms with Gasteiger partial charge in [-0.3, -0.25) is 4.79 Å². The second kappa shape index (κ2) is 5.48. The van der Waals surface area contributed by atoms with E-state index < -0.39 is 0 Å². The minimum atomic E-state index is -0.199. The predicted molar refractivity (Wildman–Crippen MR) is 83.5 cm³/mol. The van der Waals surface area contributed by atoms with Crippen LogP contribution in [0.1, 0.15) is 23.5 Å². The fourth-order valence-corrected chi connectivity index (χ4v) is 2.61. The molecule has 2 aromatic rings. The van der Waals surface area contributed by atoms with Crippen molar-refractivity contribution in [2.45, 2.75) is 19.3 Å². The molecule has 2 aromatic carbocycles. The standard InChI is InChI=1S/C17H18N2O2/c1-11-6-7-14(18)15(10-11)19-17(20)13-8-9-21-16-5-3-2-4-12(13)16/h2-7,10,13H,8-9,18H2,1H3,(H,19,20). The molecule has 0 bridgehead atoms. The van der Waals surface area contributed by atoms with Crippen LogP contribution < -0.4 is 15.8 Å². The van der Waals surface area contributed by atoms with Crippen molar-refractivity contribution >= 4 is 17.3 Å². The third kappa shape index (κ3) is 2.70. The number of aryl methyl sites for hydroxylation is 1. The van der Waals surface area contributed by atoms with E-state index in [1.165, 1.54) is 0 Å². The molecule has 1 heterocycles. The number of fused-ring (bicyclic) bond motifs is 1. The van der Waals surface area contributed by atoms with E-state index in [-0.39, 0.29) is 11.8 Å². The molecule has 4 heteroatoms. The van der Waals surface area contributed by atoms with Crippen molar-refractivity contribution in [3.63, 3.8) is 0 Å². The number of hydrogen-bond acceptors (Lipinski definition) is 3. The van der Waals surface area contributed by atoms with Crippen LogP contribution in [0.3, 0.4) is 0 Å². The number of amides is 1. The molecule has 108 valence electrons. The van der Waals surface area contributed by atoms with E-state index in [0.717, 1.165) is 16.9 Å². The Bertz CT molecular complexity index is 682. The van der Waals surface area contributed by atoms with Crippen LogP contribution in [0, 0.1) is 6.92 Å². The van der Waals surface area contributed by atoms with Gasteiger partial charge in [-0.25, -0.2) is 0 Å². The minimum Gasteiger partial charge on any atom is -0.493 e. The van der Waals surface area contributed by atoms with E-state index >= 15 is 0 Å². The Balaban J connectivity index is 1.85. The Hall–Kier alpha value is -2.49. The van der Waals surface area contributed by atoms with E-state index in [1.807, 2.05) is 49.4 Å². The van der Waals surface area contributed by atoms with Gasteiger partial charge in [0.2, 0.25) is 5.91 Å². The van der Waals surface area contributed by atoms with Crippen molar-refractivity contribution in [1.29, 1.82) is 0 Å². The smallest absolute Gasteiger partial charge is 0.232 e. The molecule has 1 aliphatic heterocycles. The fourth-order valence-electron chi connectivity index (χ4n) is 2.61. The van der Waals surface area contributed by atoms with Crippen LogP contribution in [0.4, 0.5) is 11.4 Å². The van der Waals surface area contributed by atoms with Gasteiger partial charge in [0.15, 0.2) is 0 Å². The number of nitrogen functional groups attached to an aromatic ring is 1. The highest BCUT2D eigenvalue weighted by Crippen LogP contribution is 2.34. The van der Waals surface area contributed by atoms with Crippen molar-refractivity contribution in [3.8, 4) is 5.75 Å². The summed E-state index contributed by atoms with van der Waals surface area (Å²) in [5.74, 6) is 0.555. The molecule has 4 nitrogen and oxygen atoms in total. The highest BCUT2D eigenvalue weighted by Gasteiger charge is 2.27. The molecule has 3 N–H and O–H groups in total. The summed E-state index contributed by atoms with van der Waals surface area (Å²) in [4.78, 5) is 12.6. The number of hydrogen-bond donors (Lipinski definition) is 2. The molecule has 1 aliphatic rings. The van der Waals surface area contributed by atoms with Crippen molar-refractivity contribution in [3.05, 3.63) is 53.6 Å². The summed E-state index contributed by atoms with van der Waals surface area (Å²) in [6, 6.07) is 13.3. The highest BCUT2D eigenvalue weighted by atomic mass is 16.5. The van der Waals surface area contributed by atoms with Crippen LogP contribution in [-0.4, -0.2) is 12.5 Å². The van der Waals surface area contributed by atoms with Crippen LogP contribution in [0.25, 0.3) is 0 Å². The quantitative estimate of drug-likeness (QED) is 0.832. The molecule has 21 heavy (non-hydrogen) atoms. The molecule has 0 saturated heterocycles. The lowest BCUT2D eigenvalue weighted by molar-refractivity contribution is -0.118. The SMILES string of the molecule is Cc1ccc(N)c(NC(=O)C2CCOc3ccccc32)c1. The number of nitrogens with one attached hydrogen (secondary N) is 1. The molecule has 0 radical (unpaired) electrons. The summed E-state index contributed by atoms with van der Waals surface area (Å²) in [7, 11) is 0. The number of rotatable bonds is 2. The lowest BCUT2D eigenvalue weighted by atomic mass is 9.92. The number of carbonyl (C=O) groups is 1. The van der Waals surface area contributed by atoms with E-state index in [0.29, 0.717) is 24.4 Å². The average Bonchev–Trinajstić information content (AvgIpc) is 2.50. The number of para-hydroxylation sites is 1. The first kappa shape index (κ1) is 13.5. The molecule has 0 spiro atoms. The Labute approximate surface area is 123 Å². The van der Waals surface area contributed by atoms with E-state index in [4.69, 9.17) is 10.5 Å². The Morgan fingerprint density at radius 1 is 1.29 bits per heavy atom. The van der Waals surface area contributed by atoms with Gasteiger partial charge in [-0.15, -0.1) is 0 Å². The van der Waals surface area contributed by atoms with Gasteiger partial charge in [-0.2, -0.15) is 0 Å². The van der Waals surface area contributed by atoms with Gasteiger partial charge in [0.25, 0.3) is 0 Å². The summed E-state index contributed by atoms with van der Waals surface area (Å²) in [5.41, 5.74) is 9.17. The molecule has 1 atom stereocenters. The first-order valence-corrected chi connectivity index (χ1v) is 7.04. The molecule has 0 saturated carbocycles. The second-order valence-corrected chi connectivity index (χ2v) is 5.31. The molecular weight excluding hydrogens is 264 g/mol. The number of anilines is 2. The van der Waals surface area contributed by atoms with Crippen molar-refractivity contribution in [2.24, 2.45) is 0 Å². The molecule has 1 unspecified atom stereocenters. The summed E-state index contributed by atoms with van der Waals surface area (Å²) < 4.78 is 5.59. The maximum Gasteiger partial charge on any atom is 0.232 e. The molecule has 0 aliphatic carbocycles. The zero-order chi connectivity index (χ0) is 14.8. The largest absolute Gasteiger partial charge is 0.493 e. The van der Waals surface area contributed by atoms with Gasteiger partial charge in [-0.1, -0.05) is 24.3 Å². The Morgan fingerprint density at radius 3 is 2.95 bits per heavy atom. The number of carbonyl (C=O) groups excluding carboxylic acids is 1. The van der Waals surface area contributed by atoms with E-state index in [9.17, 15) is 4.79 Å². The van der Waals surface area contributed by atoms with Crippen LogP contribution in [0.5, 0.6) is 5.75 Å². The highest BCUT2D eigenvalue weighted by molar-refractivity contribution is 5.98. The third-order valence-corrected chi connectivity index (χ3v) is 3.74. The minimum absolute atomic E-state index is 0.0388. The van der Waals surface area contributed by atoms with Gasteiger partial charge >= 0.3 is 0 Å². The first-order chi connectivity index (χ1) is 10.1. The van der Waals surface area contributed by atoms with E-state index in [1.54, 1.807) is 0 Å². The Morgan fingerprint density at radius 2 is 2.10 bits per heavy atom. The molecule has 0 aromatic heterocycles. The number of benzene rings is 2. The Kier molecular flexibility index (Phi) is 3.52. The maximum atomic E-state index is 12.6. The third-order valence-electron chi connectivity index (χ3n) is 3.74. The van der Waals surface area contributed by atoms with Crippen molar-refractivity contribution in [2.75, 3.05) is 17.7 Å². The zero-order valence-electron chi connectivity index (χ0n) is 11.9. The zero-order valence-corrected chi connectivity index (χ0v) is 11.9. The van der Waals surface area contributed by atoms with Crippen LogP contribution >= 0.6 is 0 Å². The monoisotopic (exact) mass is 282 g/mol. The molecule has 1 amide bonds. The summed E-state index contributed by atoms with van der Waals surface area (Å²) >= 11 is 0. The second-order valence-electron chi connectivity index (χ2n) is 5.31. The summed E-state index contributed by atoms with van der Waals surface area (Å²) in [6.45, 7) is 2.53. The first-order valence-electron chi connectivity index (χ1n) is 7.04. The van der Waals surface area contributed by atoms with E-state index in [2.05, 4.69) is 5.32 Å². The van der Waals surface area contributed by atoms with Crippen LogP contribution in [0.2, 0.25) is 0 Å². The summed E-state index contributed by atoms with van der Waals surface area (Å²) in [5, 5.41) is 2.94. The van der Waals surface area contributed by atoms with Gasteiger partial charge in [0, 0.05) is 5.56 Å². The van der Waals surface area contributed by atoms with Crippen LogP contribution in [-0.2, 0) is 4.79 Å². The van der Waals surface area contributed by atoms with Gasteiger partial charge < -0.3 is 15.8 Å². The summed E-state index contributed by atoms with van der Waals surface area (Å²) in [6.07, 6.45) is 0.675. The van der Waals surface area contributed by atoms with Crippen molar-refractivity contribution < 1.29 is 9.53 Å². The van der Waals surface area contributed by atoms with Crippen LogP contribution in [0.15, 0.2) is 42.5 Å². The molecule has 0 fully saturated rings. The number of ether oxygens (including phenoxy) is 1. The lowest BCUT2D eigenvalue weighted by Gasteiger charge is -2.25. The predicted octanol–water partition coefficient (Wildman–Crippen LogP) is 3.08. The molecular formula is C17H18N2O2. The normalized spacial score (nSPS) is 16.7. The lowest BCUT2D eigenvalue weighted by Crippen LogP contribution is -2.26. The number of nitrogens with two attached hydrogens (primary N) is 1. The van der Waals surface area contributed by atoms with Gasteiger partial charge in [0.1, 0.15) is 5.75 Å². The van der Waals surface area contributed by atoms with Gasteiger partial charge in [0.05, 0.1) is 23.9 Å². The maximum absolute atomic E-state index is 12.6. The van der Waals surface area contributed by atoms with Crippen molar-refractivity contribution in [1.82, 2.24) is 0 Å².